The summed E-state index contributed by atoms with van der Waals surface area (Å²) in [6.45, 7) is 4.92. The summed E-state index contributed by atoms with van der Waals surface area (Å²) in [5.74, 6) is -4.96. The molecule has 1 atom stereocenters. The van der Waals surface area contributed by atoms with Crippen LogP contribution in [0.4, 0.5) is 10.5 Å². The number of carbonyl (C=O) groups excluding carboxylic acids is 5. The quantitative estimate of drug-likeness (QED) is 0.300. The molecule has 0 aromatic carbocycles. The molecule has 2 aliphatic carbocycles. The molecule has 0 saturated heterocycles. The van der Waals surface area contributed by atoms with Crippen molar-refractivity contribution in [2.75, 3.05) is 25.6 Å². The first-order valence-electron chi connectivity index (χ1n) is 10.1. The monoisotopic (exact) mass is 459 g/mol. The molecule has 0 radical (unpaired) electrons. The molecule has 2 aliphatic rings. The SMILES string of the molecule is CCOC(=O)c1c2ccc(C(C(=O)NC(N)=O)C(=O)OCC)ccc-2c(C(=O)OCC)c1N. The van der Waals surface area contributed by atoms with E-state index in [-0.39, 0.29) is 53.3 Å². The number of imide groups is 1. The molecule has 33 heavy (non-hydrogen) atoms. The lowest BCUT2D eigenvalue weighted by Gasteiger charge is -2.13. The number of nitrogens with two attached hydrogens (primary N) is 2. The third kappa shape index (κ3) is 5.37. The van der Waals surface area contributed by atoms with Crippen LogP contribution >= 0.6 is 0 Å². The fourth-order valence-electron chi connectivity index (χ4n) is 3.30. The largest absolute Gasteiger partial charge is 0.465 e. The number of ether oxygens (including phenoxy) is 3. The first kappa shape index (κ1) is 25.1. The molecule has 0 aliphatic heterocycles. The predicted octanol–water partition coefficient (Wildman–Crippen LogP) is 1.57. The normalized spacial score (nSPS) is 11.4. The molecular weight excluding hydrogens is 434 g/mol. The number of primary amides is 1. The van der Waals surface area contributed by atoms with Gasteiger partial charge in [0.15, 0.2) is 5.92 Å². The van der Waals surface area contributed by atoms with Crippen molar-refractivity contribution in [1.82, 2.24) is 5.32 Å². The van der Waals surface area contributed by atoms with Gasteiger partial charge < -0.3 is 25.7 Å². The highest BCUT2D eigenvalue weighted by Gasteiger charge is 2.33. The number of nitrogen functional groups attached to an aromatic ring is 1. The average molecular weight is 459 g/mol. The van der Waals surface area contributed by atoms with E-state index in [1.165, 1.54) is 24.3 Å². The van der Waals surface area contributed by atoms with Gasteiger partial charge in [0, 0.05) is 0 Å². The fourth-order valence-corrected chi connectivity index (χ4v) is 3.30. The molecule has 0 bridgehead atoms. The van der Waals surface area contributed by atoms with Gasteiger partial charge in [0.05, 0.1) is 36.6 Å². The Morgan fingerprint density at radius 2 is 1.27 bits per heavy atom. The summed E-state index contributed by atoms with van der Waals surface area (Å²) in [6, 6.07) is 4.44. The van der Waals surface area contributed by atoms with Gasteiger partial charge in [-0.05, 0) is 37.5 Å². The molecule has 5 N–H and O–H groups in total. The molecule has 176 valence electrons. The molecule has 0 aromatic rings. The predicted molar refractivity (Wildman–Crippen MR) is 116 cm³/mol. The van der Waals surface area contributed by atoms with Crippen molar-refractivity contribution >= 4 is 35.5 Å². The van der Waals surface area contributed by atoms with Crippen LogP contribution in [0.1, 0.15) is 53.0 Å². The van der Waals surface area contributed by atoms with Gasteiger partial charge in [-0.1, -0.05) is 24.3 Å². The van der Waals surface area contributed by atoms with E-state index in [1.54, 1.807) is 20.8 Å². The third-order valence-corrected chi connectivity index (χ3v) is 4.58. The van der Waals surface area contributed by atoms with E-state index < -0.39 is 35.8 Å². The number of hydrogen-bond acceptors (Lipinski definition) is 9. The lowest BCUT2D eigenvalue weighted by Crippen LogP contribution is -2.41. The molecule has 0 heterocycles. The molecule has 0 spiro atoms. The second-order valence-electron chi connectivity index (χ2n) is 6.64. The van der Waals surface area contributed by atoms with Crippen molar-refractivity contribution < 1.29 is 38.2 Å². The van der Waals surface area contributed by atoms with Gasteiger partial charge in [-0.3, -0.25) is 14.9 Å². The van der Waals surface area contributed by atoms with Crippen LogP contribution < -0.4 is 16.8 Å². The second-order valence-corrected chi connectivity index (χ2v) is 6.64. The summed E-state index contributed by atoms with van der Waals surface area (Å²) >= 11 is 0. The zero-order valence-corrected chi connectivity index (χ0v) is 18.4. The molecule has 3 amide bonds. The minimum Gasteiger partial charge on any atom is -0.465 e. The van der Waals surface area contributed by atoms with Gasteiger partial charge in [-0.25, -0.2) is 14.4 Å². The summed E-state index contributed by atoms with van der Waals surface area (Å²) < 4.78 is 15.1. The van der Waals surface area contributed by atoms with Crippen LogP contribution in [-0.2, 0) is 23.8 Å². The Labute approximate surface area is 189 Å². The number of fused-ring (bicyclic) bond motifs is 1. The second kappa shape index (κ2) is 10.9. The van der Waals surface area contributed by atoms with E-state index in [1.807, 2.05) is 5.32 Å². The molecule has 2 rings (SSSR count). The van der Waals surface area contributed by atoms with Crippen LogP contribution in [0.2, 0.25) is 0 Å². The Morgan fingerprint density at radius 3 is 1.67 bits per heavy atom. The van der Waals surface area contributed by atoms with E-state index in [0.29, 0.717) is 0 Å². The number of rotatable bonds is 8. The van der Waals surface area contributed by atoms with Crippen LogP contribution in [0, 0.1) is 0 Å². The maximum Gasteiger partial charge on any atom is 0.340 e. The zero-order chi connectivity index (χ0) is 24.7. The number of nitrogens with one attached hydrogen (secondary N) is 1. The van der Waals surface area contributed by atoms with E-state index in [0.717, 1.165) is 0 Å². The summed E-state index contributed by atoms with van der Waals surface area (Å²) in [4.78, 5) is 61.3. The van der Waals surface area contributed by atoms with Crippen molar-refractivity contribution in [2.24, 2.45) is 5.73 Å². The van der Waals surface area contributed by atoms with Gasteiger partial charge >= 0.3 is 23.9 Å². The number of amides is 3. The summed E-state index contributed by atoms with van der Waals surface area (Å²) in [5.41, 5.74) is 11.5. The lowest BCUT2D eigenvalue weighted by atomic mass is 9.99. The van der Waals surface area contributed by atoms with Crippen molar-refractivity contribution in [3.63, 3.8) is 0 Å². The van der Waals surface area contributed by atoms with Gasteiger partial charge in [0.1, 0.15) is 0 Å². The molecule has 11 heteroatoms. The van der Waals surface area contributed by atoms with E-state index in [4.69, 9.17) is 25.7 Å². The van der Waals surface area contributed by atoms with Gasteiger partial charge in [-0.15, -0.1) is 0 Å². The number of anilines is 1. The van der Waals surface area contributed by atoms with Crippen molar-refractivity contribution in [3.05, 3.63) is 41.0 Å². The summed E-state index contributed by atoms with van der Waals surface area (Å²) in [7, 11) is 0. The number of carbonyl (C=O) groups is 5. The Hall–Kier alpha value is -4.15. The zero-order valence-electron chi connectivity index (χ0n) is 18.4. The topological polar surface area (TPSA) is 177 Å². The molecular formula is C22H25N3O8. The Morgan fingerprint density at radius 1 is 0.818 bits per heavy atom. The maximum absolute atomic E-state index is 12.6. The smallest absolute Gasteiger partial charge is 0.340 e. The van der Waals surface area contributed by atoms with Crippen molar-refractivity contribution in [3.8, 4) is 11.1 Å². The summed E-state index contributed by atoms with van der Waals surface area (Å²) in [6.07, 6.45) is 0. The number of hydrogen-bond donors (Lipinski definition) is 3. The maximum atomic E-state index is 12.6. The van der Waals surface area contributed by atoms with Crippen molar-refractivity contribution in [2.45, 2.75) is 26.7 Å². The van der Waals surface area contributed by atoms with Crippen LogP contribution in [0.15, 0.2) is 24.3 Å². The van der Waals surface area contributed by atoms with Crippen LogP contribution in [0.25, 0.3) is 11.1 Å². The van der Waals surface area contributed by atoms with E-state index in [9.17, 15) is 24.0 Å². The molecule has 11 nitrogen and oxygen atoms in total. The Kier molecular flexibility index (Phi) is 8.32. The van der Waals surface area contributed by atoms with Crippen LogP contribution in [0.5, 0.6) is 0 Å². The first-order chi connectivity index (χ1) is 15.7. The van der Waals surface area contributed by atoms with Gasteiger partial charge in [0.2, 0.25) is 5.91 Å². The van der Waals surface area contributed by atoms with Crippen molar-refractivity contribution in [1.29, 1.82) is 0 Å². The highest BCUT2D eigenvalue weighted by atomic mass is 16.5. The highest BCUT2D eigenvalue weighted by Crippen LogP contribution is 2.40. The van der Waals surface area contributed by atoms with Crippen LogP contribution in [0.3, 0.4) is 0 Å². The van der Waals surface area contributed by atoms with Crippen LogP contribution in [-0.4, -0.2) is 49.7 Å². The highest BCUT2D eigenvalue weighted by molar-refractivity contribution is 6.15. The minimum absolute atomic E-state index is 0.0122. The summed E-state index contributed by atoms with van der Waals surface area (Å²) in [5, 5.41) is 1.86. The third-order valence-electron chi connectivity index (χ3n) is 4.58. The molecule has 1 unspecified atom stereocenters. The molecule has 0 aromatic heterocycles. The standard InChI is InChI=1S/C22H25N3O8/c1-4-31-19(27)14(18(26)25-22(24)30)11-7-9-12-13(10-8-11)16(21(29)33-6-3)17(23)15(12)20(28)32-5-2/h7-10,14H,4-6,23H2,1-3H3,(H3,24,25,26,30). The lowest BCUT2D eigenvalue weighted by molar-refractivity contribution is -0.148. The molecule has 0 fully saturated rings. The Balaban J connectivity index is 2.75. The van der Waals surface area contributed by atoms with Gasteiger partial charge in [0.25, 0.3) is 0 Å². The minimum atomic E-state index is -1.54. The average Bonchev–Trinajstić information content (AvgIpc) is 2.85. The Bertz CT molecular complexity index is 1010. The molecule has 0 saturated carbocycles. The van der Waals surface area contributed by atoms with E-state index >= 15 is 0 Å². The number of urea groups is 1. The first-order valence-corrected chi connectivity index (χ1v) is 10.1. The van der Waals surface area contributed by atoms with E-state index in [2.05, 4.69) is 0 Å². The fraction of sp³-hybridized carbons (Fsp3) is 0.318. The van der Waals surface area contributed by atoms with Gasteiger partial charge in [-0.2, -0.15) is 0 Å². The number of esters is 3.